The fraction of sp³-hybridized carbons (Fsp3) is 0.240. The highest BCUT2D eigenvalue weighted by Gasteiger charge is 2.20. The van der Waals surface area contributed by atoms with Crippen LogP contribution < -0.4 is 4.74 Å². The number of rotatable bonds is 8. The molecule has 0 N–H and O–H groups in total. The van der Waals surface area contributed by atoms with E-state index >= 15 is 0 Å². The molecule has 0 radical (unpaired) electrons. The standard InChI is InChI=1S/C25H26O5S/c1-4-29-24(26)17-31(27,28)23-13-11-22(12-14-23)30-16-20-9-6-10-21(15-20)25-18(2)7-5-8-19(25)3/h5-15H,4,16-17H2,1-3H3. The highest BCUT2D eigenvalue weighted by molar-refractivity contribution is 7.92. The summed E-state index contributed by atoms with van der Waals surface area (Å²) in [6.45, 7) is 6.33. The van der Waals surface area contributed by atoms with E-state index in [1.807, 2.05) is 12.1 Å². The first-order valence-electron chi connectivity index (χ1n) is 10.1. The Balaban J connectivity index is 1.69. The van der Waals surface area contributed by atoms with Crippen LogP contribution in [0.5, 0.6) is 5.75 Å². The van der Waals surface area contributed by atoms with Gasteiger partial charge in [0.25, 0.3) is 0 Å². The number of carbonyl (C=O) groups is 1. The van der Waals surface area contributed by atoms with E-state index in [-0.39, 0.29) is 11.5 Å². The fourth-order valence-electron chi connectivity index (χ4n) is 3.44. The summed E-state index contributed by atoms with van der Waals surface area (Å²) in [6, 6.07) is 20.5. The molecular weight excluding hydrogens is 412 g/mol. The van der Waals surface area contributed by atoms with Crippen LogP contribution in [0.3, 0.4) is 0 Å². The molecule has 0 bridgehead atoms. The van der Waals surface area contributed by atoms with Crippen molar-refractivity contribution in [1.82, 2.24) is 0 Å². The molecule has 3 aromatic carbocycles. The summed E-state index contributed by atoms with van der Waals surface area (Å²) in [4.78, 5) is 11.6. The van der Waals surface area contributed by atoms with Gasteiger partial charge >= 0.3 is 5.97 Å². The lowest BCUT2D eigenvalue weighted by atomic mass is 9.95. The average molecular weight is 439 g/mol. The van der Waals surface area contributed by atoms with Crippen molar-refractivity contribution >= 4 is 15.8 Å². The number of hydrogen-bond acceptors (Lipinski definition) is 5. The Labute approximate surface area is 183 Å². The molecule has 0 aliphatic rings. The molecule has 31 heavy (non-hydrogen) atoms. The molecule has 6 heteroatoms. The van der Waals surface area contributed by atoms with Gasteiger partial charge < -0.3 is 9.47 Å². The van der Waals surface area contributed by atoms with Gasteiger partial charge in [-0.3, -0.25) is 4.79 Å². The van der Waals surface area contributed by atoms with Gasteiger partial charge in [-0.1, -0.05) is 36.4 Å². The van der Waals surface area contributed by atoms with Crippen molar-refractivity contribution in [2.24, 2.45) is 0 Å². The van der Waals surface area contributed by atoms with Crippen molar-refractivity contribution in [3.63, 3.8) is 0 Å². The van der Waals surface area contributed by atoms with Crippen LogP contribution in [0.25, 0.3) is 11.1 Å². The highest BCUT2D eigenvalue weighted by Crippen LogP contribution is 2.28. The van der Waals surface area contributed by atoms with Crippen molar-refractivity contribution in [2.45, 2.75) is 32.3 Å². The van der Waals surface area contributed by atoms with Crippen LogP contribution in [0.15, 0.2) is 71.6 Å². The molecule has 0 saturated heterocycles. The lowest BCUT2D eigenvalue weighted by molar-refractivity contribution is -0.139. The first kappa shape index (κ1) is 22.6. The van der Waals surface area contributed by atoms with E-state index in [9.17, 15) is 13.2 Å². The van der Waals surface area contributed by atoms with Crippen LogP contribution >= 0.6 is 0 Å². The largest absolute Gasteiger partial charge is 0.489 e. The van der Waals surface area contributed by atoms with E-state index < -0.39 is 21.6 Å². The summed E-state index contributed by atoms with van der Waals surface area (Å²) in [5.41, 5.74) is 5.81. The predicted octanol–water partition coefficient (Wildman–Crippen LogP) is 4.89. The van der Waals surface area contributed by atoms with Crippen LogP contribution in [0, 0.1) is 13.8 Å². The summed E-state index contributed by atoms with van der Waals surface area (Å²) in [5.74, 6) is -0.884. The molecule has 0 aliphatic heterocycles. The third kappa shape index (κ3) is 5.73. The molecule has 0 fully saturated rings. The summed E-state index contributed by atoms with van der Waals surface area (Å²) >= 11 is 0. The number of carbonyl (C=O) groups excluding carboxylic acids is 1. The summed E-state index contributed by atoms with van der Waals surface area (Å²) in [6.07, 6.45) is 0. The number of benzene rings is 3. The smallest absolute Gasteiger partial charge is 0.321 e. The van der Waals surface area contributed by atoms with Gasteiger partial charge in [0, 0.05) is 0 Å². The Bertz CT molecular complexity index is 1140. The molecule has 0 heterocycles. The van der Waals surface area contributed by atoms with Crippen LogP contribution in [-0.2, 0) is 26.0 Å². The molecule has 0 spiro atoms. The zero-order chi connectivity index (χ0) is 22.4. The van der Waals surface area contributed by atoms with Gasteiger partial charge in [-0.15, -0.1) is 0 Å². The minimum Gasteiger partial charge on any atom is -0.489 e. The monoisotopic (exact) mass is 438 g/mol. The fourth-order valence-corrected chi connectivity index (χ4v) is 4.55. The lowest BCUT2D eigenvalue weighted by Crippen LogP contribution is -2.18. The molecular formula is C25H26O5S. The lowest BCUT2D eigenvalue weighted by Gasteiger charge is -2.12. The second kappa shape index (κ2) is 9.79. The van der Waals surface area contributed by atoms with Crippen LogP contribution in [-0.4, -0.2) is 26.7 Å². The van der Waals surface area contributed by atoms with Crippen molar-refractivity contribution in [3.8, 4) is 16.9 Å². The molecule has 0 aromatic heterocycles. The van der Waals surface area contributed by atoms with Crippen LogP contribution in [0.1, 0.15) is 23.6 Å². The Morgan fingerprint density at radius 3 is 2.19 bits per heavy atom. The Kier molecular flexibility index (Phi) is 7.13. The number of ether oxygens (including phenoxy) is 2. The van der Waals surface area contributed by atoms with Crippen LogP contribution in [0.4, 0.5) is 0 Å². The molecule has 0 saturated carbocycles. The summed E-state index contributed by atoms with van der Waals surface area (Å²) in [7, 11) is -3.74. The third-order valence-corrected chi connectivity index (χ3v) is 6.50. The van der Waals surface area contributed by atoms with Gasteiger partial charge in [0.15, 0.2) is 15.6 Å². The second-order valence-corrected chi connectivity index (χ2v) is 9.28. The highest BCUT2D eigenvalue weighted by atomic mass is 32.2. The zero-order valence-corrected chi connectivity index (χ0v) is 18.7. The molecule has 5 nitrogen and oxygen atoms in total. The first-order chi connectivity index (χ1) is 14.8. The summed E-state index contributed by atoms with van der Waals surface area (Å²) in [5, 5.41) is 0. The number of sulfone groups is 1. The van der Waals surface area contributed by atoms with E-state index in [1.54, 1.807) is 19.1 Å². The van der Waals surface area contributed by atoms with E-state index in [2.05, 4.69) is 44.2 Å². The average Bonchev–Trinajstić information content (AvgIpc) is 2.72. The summed E-state index contributed by atoms with van der Waals surface area (Å²) < 4.78 is 35.2. The Hall–Kier alpha value is -3.12. The van der Waals surface area contributed by atoms with Gasteiger partial charge in [-0.05, 0) is 78.9 Å². The van der Waals surface area contributed by atoms with E-state index in [4.69, 9.17) is 9.47 Å². The Morgan fingerprint density at radius 2 is 1.55 bits per heavy atom. The number of esters is 1. The van der Waals surface area contributed by atoms with Crippen molar-refractivity contribution in [3.05, 3.63) is 83.4 Å². The van der Waals surface area contributed by atoms with E-state index in [0.29, 0.717) is 12.4 Å². The minimum absolute atomic E-state index is 0.0601. The quantitative estimate of drug-likeness (QED) is 0.469. The minimum atomic E-state index is -3.74. The number of aryl methyl sites for hydroxylation is 2. The molecule has 162 valence electrons. The van der Waals surface area contributed by atoms with Crippen molar-refractivity contribution in [1.29, 1.82) is 0 Å². The predicted molar refractivity (Wildman–Crippen MR) is 121 cm³/mol. The SMILES string of the molecule is CCOC(=O)CS(=O)(=O)c1ccc(OCc2cccc(-c3c(C)cccc3C)c2)cc1. The maximum absolute atomic E-state index is 12.3. The second-order valence-electron chi connectivity index (χ2n) is 7.29. The normalized spacial score (nSPS) is 11.2. The zero-order valence-electron chi connectivity index (χ0n) is 17.9. The Morgan fingerprint density at radius 1 is 0.903 bits per heavy atom. The molecule has 3 aromatic rings. The topological polar surface area (TPSA) is 69.7 Å². The van der Waals surface area contributed by atoms with E-state index in [1.165, 1.54) is 28.8 Å². The van der Waals surface area contributed by atoms with Crippen molar-refractivity contribution in [2.75, 3.05) is 12.4 Å². The molecule has 0 aliphatic carbocycles. The maximum Gasteiger partial charge on any atom is 0.321 e. The number of hydrogen-bond donors (Lipinski definition) is 0. The molecule has 0 unspecified atom stereocenters. The van der Waals surface area contributed by atoms with Gasteiger partial charge in [-0.2, -0.15) is 0 Å². The molecule has 0 amide bonds. The van der Waals surface area contributed by atoms with Crippen LogP contribution in [0.2, 0.25) is 0 Å². The first-order valence-corrected chi connectivity index (χ1v) is 11.7. The third-order valence-electron chi connectivity index (χ3n) is 4.90. The van der Waals surface area contributed by atoms with Gasteiger partial charge in [0.1, 0.15) is 12.4 Å². The van der Waals surface area contributed by atoms with E-state index in [0.717, 1.165) is 11.1 Å². The van der Waals surface area contributed by atoms with Crippen molar-refractivity contribution < 1.29 is 22.7 Å². The molecule has 3 rings (SSSR count). The van der Waals surface area contributed by atoms with Gasteiger partial charge in [0.05, 0.1) is 11.5 Å². The van der Waals surface area contributed by atoms with Gasteiger partial charge in [-0.25, -0.2) is 8.42 Å². The maximum atomic E-state index is 12.3. The molecule has 0 atom stereocenters. The van der Waals surface area contributed by atoms with Gasteiger partial charge in [0.2, 0.25) is 0 Å².